The van der Waals surface area contributed by atoms with E-state index in [2.05, 4.69) is 37.1 Å². The van der Waals surface area contributed by atoms with Crippen LogP contribution in [0.15, 0.2) is 78.3 Å². The van der Waals surface area contributed by atoms with Crippen molar-refractivity contribution >= 4 is 45.1 Å². The fourth-order valence-electron chi connectivity index (χ4n) is 4.48. The number of anilines is 4. The number of thiazole rings is 1. The number of nitrogens with zero attached hydrogens (tertiary/aromatic N) is 4. The number of morpholine rings is 1. The first-order valence-electron chi connectivity index (χ1n) is 12.4. The molecule has 0 unspecified atom stereocenters. The van der Waals surface area contributed by atoms with Gasteiger partial charge in [-0.05, 0) is 48.5 Å². The van der Waals surface area contributed by atoms with Crippen molar-refractivity contribution in [3.05, 3.63) is 89.6 Å². The highest BCUT2D eigenvalue weighted by Crippen LogP contribution is 2.29. The molecule has 38 heavy (non-hydrogen) atoms. The number of hydrogen-bond acceptors (Lipinski definition) is 8. The van der Waals surface area contributed by atoms with E-state index in [1.807, 2.05) is 41.9 Å². The van der Waals surface area contributed by atoms with Crippen molar-refractivity contribution in [3.8, 4) is 11.4 Å². The normalized spacial score (nSPS) is 14.0. The van der Waals surface area contributed by atoms with Crippen LogP contribution in [0.2, 0.25) is 0 Å². The van der Waals surface area contributed by atoms with Gasteiger partial charge >= 0.3 is 0 Å². The highest BCUT2D eigenvalue weighted by atomic mass is 32.1. The molecule has 0 atom stereocenters. The molecule has 4 heterocycles. The van der Waals surface area contributed by atoms with Crippen LogP contribution in [-0.2, 0) is 11.3 Å². The molecule has 1 aliphatic heterocycles. The number of carbonyl (C=O) groups excluding carboxylic acids is 1. The Kier molecular flexibility index (Phi) is 6.74. The lowest BCUT2D eigenvalue weighted by atomic mass is 10.2. The number of ether oxygens (including phenoxy) is 1. The number of imidazole rings is 1. The Balaban J connectivity index is 1.17. The van der Waals surface area contributed by atoms with Gasteiger partial charge in [0, 0.05) is 42.0 Å². The Hall–Kier alpha value is -4.25. The molecule has 0 radical (unpaired) electrons. The average Bonchev–Trinajstić information content (AvgIpc) is 3.58. The summed E-state index contributed by atoms with van der Waals surface area (Å²) in [5.41, 5.74) is 12.3. The Morgan fingerprint density at radius 3 is 2.66 bits per heavy atom. The van der Waals surface area contributed by atoms with E-state index in [-0.39, 0.29) is 5.91 Å². The minimum absolute atomic E-state index is 0.216. The molecule has 0 bridgehead atoms. The van der Waals surface area contributed by atoms with Crippen molar-refractivity contribution in [1.82, 2.24) is 19.3 Å². The maximum Gasteiger partial charge on any atom is 0.255 e. The lowest BCUT2D eigenvalue weighted by molar-refractivity contribution is 0.0335. The molecule has 1 fully saturated rings. The van der Waals surface area contributed by atoms with Gasteiger partial charge in [0.25, 0.3) is 5.91 Å². The van der Waals surface area contributed by atoms with Gasteiger partial charge < -0.3 is 21.1 Å². The van der Waals surface area contributed by atoms with Gasteiger partial charge in [-0.1, -0.05) is 18.2 Å². The molecule has 1 saturated heterocycles. The Morgan fingerprint density at radius 2 is 1.84 bits per heavy atom. The smallest absolute Gasteiger partial charge is 0.255 e. The van der Waals surface area contributed by atoms with Gasteiger partial charge in [0.1, 0.15) is 11.3 Å². The van der Waals surface area contributed by atoms with Crippen LogP contribution in [0.25, 0.3) is 17.0 Å². The summed E-state index contributed by atoms with van der Waals surface area (Å²) in [5.74, 6) is -0.216. The van der Waals surface area contributed by atoms with Crippen molar-refractivity contribution in [2.75, 3.05) is 42.7 Å². The van der Waals surface area contributed by atoms with Crippen LogP contribution in [0.5, 0.6) is 0 Å². The Morgan fingerprint density at radius 1 is 1.03 bits per heavy atom. The minimum Gasteiger partial charge on any atom is -0.397 e. The Labute approximate surface area is 223 Å². The average molecular weight is 526 g/mol. The molecule has 1 amide bonds. The number of aromatic nitrogens is 3. The summed E-state index contributed by atoms with van der Waals surface area (Å²) in [4.78, 5) is 24.5. The number of fused-ring (bicyclic) bond motifs is 1. The summed E-state index contributed by atoms with van der Waals surface area (Å²) >= 11 is 1.52. The van der Waals surface area contributed by atoms with Gasteiger partial charge in [-0.15, -0.1) is 11.3 Å². The van der Waals surface area contributed by atoms with E-state index >= 15 is 0 Å². The SMILES string of the molecule is Nc1ccccc1NC(=O)c1ccc(Nc2nc(-c3cnc4cccc(CN5CCOCC5)n34)cs2)cc1. The van der Waals surface area contributed by atoms with Gasteiger partial charge in [-0.25, -0.2) is 9.97 Å². The van der Waals surface area contributed by atoms with Crippen LogP contribution in [0, 0.1) is 0 Å². The number of amides is 1. The first kappa shape index (κ1) is 24.1. The van der Waals surface area contributed by atoms with E-state index in [0.29, 0.717) is 16.9 Å². The fourth-order valence-corrected chi connectivity index (χ4v) is 5.20. The zero-order chi connectivity index (χ0) is 25.9. The van der Waals surface area contributed by atoms with Crippen LogP contribution in [0.4, 0.5) is 22.2 Å². The molecule has 6 rings (SSSR count). The van der Waals surface area contributed by atoms with Crippen LogP contribution >= 0.6 is 11.3 Å². The number of nitrogens with two attached hydrogens (primary N) is 1. The first-order valence-corrected chi connectivity index (χ1v) is 13.3. The molecule has 0 spiro atoms. The van der Waals surface area contributed by atoms with Gasteiger partial charge in [0.2, 0.25) is 0 Å². The highest BCUT2D eigenvalue weighted by molar-refractivity contribution is 7.14. The van der Waals surface area contributed by atoms with Gasteiger partial charge in [0.05, 0.1) is 36.5 Å². The standard InChI is InChI=1S/C28H27N7O2S/c29-22-5-1-2-6-23(22)32-27(36)19-8-10-20(11-9-19)31-28-33-24(18-38-28)25-16-30-26-7-3-4-21(35(25)26)17-34-12-14-37-15-13-34/h1-11,16,18H,12-15,17,29H2,(H,31,33)(H,32,36). The van der Waals surface area contributed by atoms with Crippen molar-refractivity contribution < 1.29 is 9.53 Å². The summed E-state index contributed by atoms with van der Waals surface area (Å²) < 4.78 is 7.68. The van der Waals surface area contributed by atoms with Crippen LogP contribution in [0.3, 0.4) is 0 Å². The van der Waals surface area contributed by atoms with Crippen LogP contribution in [0.1, 0.15) is 16.1 Å². The maximum absolute atomic E-state index is 12.6. The third-order valence-electron chi connectivity index (χ3n) is 6.47. The number of nitrogens with one attached hydrogen (secondary N) is 2. The molecule has 0 aliphatic carbocycles. The van der Waals surface area contributed by atoms with Gasteiger partial charge in [-0.3, -0.25) is 14.1 Å². The second-order valence-corrected chi connectivity index (χ2v) is 9.88. The third kappa shape index (κ3) is 5.10. The summed E-state index contributed by atoms with van der Waals surface area (Å²) in [6.07, 6.45) is 1.88. The largest absolute Gasteiger partial charge is 0.397 e. The molecule has 10 heteroatoms. The zero-order valence-electron chi connectivity index (χ0n) is 20.6. The van der Waals surface area contributed by atoms with E-state index in [1.165, 1.54) is 17.0 Å². The predicted octanol–water partition coefficient (Wildman–Crippen LogP) is 4.87. The predicted molar refractivity (Wildman–Crippen MR) is 151 cm³/mol. The monoisotopic (exact) mass is 525 g/mol. The van der Waals surface area contributed by atoms with Crippen molar-refractivity contribution in [1.29, 1.82) is 0 Å². The van der Waals surface area contributed by atoms with Crippen LogP contribution < -0.4 is 16.4 Å². The number of pyridine rings is 1. The summed E-state index contributed by atoms with van der Waals surface area (Å²) in [7, 11) is 0. The van der Waals surface area contributed by atoms with E-state index in [4.69, 9.17) is 15.5 Å². The van der Waals surface area contributed by atoms with E-state index in [9.17, 15) is 4.79 Å². The molecule has 0 saturated carbocycles. The zero-order valence-corrected chi connectivity index (χ0v) is 21.4. The van der Waals surface area contributed by atoms with Gasteiger partial charge in [-0.2, -0.15) is 0 Å². The molecule has 1 aliphatic rings. The molecule has 192 valence electrons. The second-order valence-electron chi connectivity index (χ2n) is 9.02. The number of carbonyl (C=O) groups is 1. The van der Waals surface area contributed by atoms with Crippen molar-refractivity contribution in [3.63, 3.8) is 0 Å². The summed E-state index contributed by atoms with van der Waals surface area (Å²) in [6, 6.07) is 20.7. The number of benzene rings is 2. The maximum atomic E-state index is 12.6. The number of hydrogen-bond donors (Lipinski definition) is 3. The van der Waals surface area contributed by atoms with Gasteiger partial charge in [0.15, 0.2) is 5.13 Å². The molecular formula is C28H27N7O2S. The molecule has 3 aromatic heterocycles. The summed E-state index contributed by atoms with van der Waals surface area (Å²) in [6.45, 7) is 4.20. The van der Waals surface area contributed by atoms with Crippen LogP contribution in [-0.4, -0.2) is 51.5 Å². The topological polar surface area (TPSA) is 110 Å². The third-order valence-corrected chi connectivity index (χ3v) is 7.23. The molecule has 5 aromatic rings. The fraction of sp³-hybridized carbons (Fsp3) is 0.179. The number of para-hydroxylation sites is 2. The molecular weight excluding hydrogens is 498 g/mol. The number of nitrogen functional groups attached to an aromatic ring is 1. The Bertz CT molecular complexity index is 1570. The lowest BCUT2D eigenvalue weighted by Crippen LogP contribution is -2.36. The minimum atomic E-state index is -0.216. The first-order chi connectivity index (χ1) is 18.6. The molecule has 4 N–H and O–H groups in total. The van der Waals surface area contributed by atoms with Crippen molar-refractivity contribution in [2.24, 2.45) is 0 Å². The van der Waals surface area contributed by atoms with E-state index < -0.39 is 0 Å². The van der Waals surface area contributed by atoms with E-state index in [1.54, 1.807) is 24.3 Å². The highest BCUT2D eigenvalue weighted by Gasteiger charge is 2.17. The van der Waals surface area contributed by atoms with Crippen molar-refractivity contribution in [2.45, 2.75) is 6.54 Å². The van der Waals surface area contributed by atoms with E-state index in [0.717, 1.165) is 60.7 Å². The quantitative estimate of drug-likeness (QED) is 0.260. The summed E-state index contributed by atoms with van der Waals surface area (Å²) in [5, 5.41) is 8.98. The second kappa shape index (κ2) is 10.6. The molecule has 2 aromatic carbocycles. The lowest BCUT2D eigenvalue weighted by Gasteiger charge is -2.27. The number of rotatable bonds is 7. The molecule has 9 nitrogen and oxygen atoms in total.